The number of halogens is 1. The van der Waals surface area contributed by atoms with Crippen molar-refractivity contribution in [1.82, 2.24) is 4.98 Å². The summed E-state index contributed by atoms with van der Waals surface area (Å²) < 4.78 is 0.991. The van der Waals surface area contributed by atoms with E-state index in [1.54, 1.807) is 6.07 Å². The molecule has 88 valence electrons. The first-order chi connectivity index (χ1) is 8.11. The summed E-state index contributed by atoms with van der Waals surface area (Å²) in [5.41, 5.74) is 1.44. The molecule has 1 aromatic heterocycles. The lowest BCUT2D eigenvalue weighted by atomic mass is 10.0. The number of carboxylic acid groups (broad SMARTS) is 1. The zero-order valence-corrected chi connectivity index (χ0v) is 10.9. The van der Waals surface area contributed by atoms with E-state index >= 15 is 0 Å². The van der Waals surface area contributed by atoms with E-state index in [9.17, 15) is 4.79 Å². The molecule has 2 rings (SSSR count). The molecular formula is C13H12BrNO2. The minimum Gasteiger partial charge on any atom is -0.481 e. The number of rotatable bonds is 3. The van der Waals surface area contributed by atoms with Gasteiger partial charge in [0.15, 0.2) is 0 Å². The predicted molar refractivity (Wildman–Crippen MR) is 70.1 cm³/mol. The van der Waals surface area contributed by atoms with Gasteiger partial charge in [0.05, 0.1) is 17.1 Å². The molecule has 0 spiro atoms. The summed E-state index contributed by atoms with van der Waals surface area (Å²) in [5.74, 6) is -1.35. The van der Waals surface area contributed by atoms with Gasteiger partial charge in [-0.2, -0.15) is 0 Å². The zero-order valence-electron chi connectivity index (χ0n) is 9.35. The predicted octanol–water partition coefficient (Wildman–Crippen LogP) is 3.58. The van der Waals surface area contributed by atoms with Gasteiger partial charge in [0.2, 0.25) is 0 Å². The number of hydrogen-bond acceptors (Lipinski definition) is 2. The lowest BCUT2D eigenvalue weighted by molar-refractivity contribution is -0.138. The summed E-state index contributed by atoms with van der Waals surface area (Å²) in [4.78, 5) is 15.5. The Morgan fingerprint density at radius 1 is 1.41 bits per heavy atom. The topological polar surface area (TPSA) is 50.2 Å². The molecule has 1 N–H and O–H groups in total. The quantitative estimate of drug-likeness (QED) is 0.941. The van der Waals surface area contributed by atoms with Gasteiger partial charge in [-0.1, -0.05) is 28.9 Å². The SMILES string of the molecule is CCC(C(=O)O)c1ccc2cc(Br)ccc2n1. The lowest BCUT2D eigenvalue weighted by Crippen LogP contribution is -2.11. The van der Waals surface area contributed by atoms with Crippen LogP contribution in [0.15, 0.2) is 34.8 Å². The van der Waals surface area contributed by atoms with Crippen LogP contribution in [0.1, 0.15) is 25.0 Å². The van der Waals surface area contributed by atoms with Crippen LogP contribution in [0.3, 0.4) is 0 Å². The normalized spacial score (nSPS) is 12.6. The molecule has 1 aromatic carbocycles. The monoisotopic (exact) mass is 293 g/mol. The summed E-state index contributed by atoms with van der Waals surface area (Å²) >= 11 is 3.39. The molecule has 0 fully saturated rings. The number of carbonyl (C=O) groups is 1. The Kier molecular flexibility index (Phi) is 3.43. The highest BCUT2D eigenvalue weighted by Gasteiger charge is 2.18. The maximum absolute atomic E-state index is 11.1. The zero-order chi connectivity index (χ0) is 12.4. The summed E-state index contributed by atoms with van der Waals surface area (Å²) in [6, 6.07) is 9.46. The molecule has 2 aromatic rings. The summed E-state index contributed by atoms with van der Waals surface area (Å²) in [6.07, 6.45) is 0.546. The van der Waals surface area contributed by atoms with Crippen LogP contribution in [0.2, 0.25) is 0 Å². The van der Waals surface area contributed by atoms with Crippen LogP contribution >= 0.6 is 15.9 Å². The van der Waals surface area contributed by atoms with Gasteiger partial charge in [-0.25, -0.2) is 0 Å². The van der Waals surface area contributed by atoms with E-state index in [-0.39, 0.29) is 0 Å². The Bertz CT molecular complexity index is 568. The van der Waals surface area contributed by atoms with E-state index in [0.717, 1.165) is 15.4 Å². The number of benzene rings is 1. The van der Waals surface area contributed by atoms with Gasteiger partial charge < -0.3 is 5.11 Å². The Morgan fingerprint density at radius 2 is 2.18 bits per heavy atom. The second-order valence-electron chi connectivity index (χ2n) is 3.87. The van der Waals surface area contributed by atoms with Crippen molar-refractivity contribution in [3.05, 3.63) is 40.5 Å². The van der Waals surface area contributed by atoms with Crippen molar-refractivity contribution in [2.75, 3.05) is 0 Å². The maximum atomic E-state index is 11.1. The van der Waals surface area contributed by atoms with E-state index < -0.39 is 11.9 Å². The van der Waals surface area contributed by atoms with Gasteiger partial charge in [-0.05, 0) is 30.7 Å². The number of aromatic nitrogens is 1. The lowest BCUT2D eigenvalue weighted by Gasteiger charge is -2.09. The number of hydrogen-bond donors (Lipinski definition) is 1. The molecular weight excluding hydrogens is 282 g/mol. The highest BCUT2D eigenvalue weighted by molar-refractivity contribution is 9.10. The van der Waals surface area contributed by atoms with E-state index in [1.807, 2.05) is 31.2 Å². The van der Waals surface area contributed by atoms with Crippen molar-refractivity contribution < 1.29 is 9.90 Å². The molecule has 1 atom stereocenters. The van der Waals surface area contributed by atoms with Crippen LogP contribution in [-0.4, -0.2) is 16.1 Å². The molecule has 4 heteroatoms. The van der Waals surface area contributed by atoms with Crippen molar-refractivity contribution in [3.8, 4) is 0 Å². The molecule has 1 unspecified atom stereocenters. The Labute approximate surface area is 108 Å². The first-order valence-electron chi connectivity index (χ1n) is 5.41. The summed E-state index contributed by atoms with van der Waals surface area (Å²) in [5, 5.41) is 10.1. The summed E-state index contributed by atoms with van der Waals surface area (Å²) in [7, 11) is 0. The molecule has 0 radical (unpaired) electrons. The van der Waals surface area contributed by atoms with Crippen molar-refractivity contribution in [2.45, 2.75) is 19.3 Å². The molecule has 0 aliphatic rings. The standard InChI is InChI=1S/C13H12BrNO2/c1-2-10(13(16)17)12-5-3-8-7-9(14)4-6-11(8)15-12/h3-7,10H,2H2,1H3,(H,16,17). The third kappa shape index (κ3) is 2.47. The second-order valence-corrected chi connectivity index (χ2v) is 4.79. The number of pyridine rings is 1. The highest BCUT2D eigenvalue weighted by atomic mass is 79.9. The molecule has 0 saturated carbocycles. The average molecular weight is 294 g/mol. The molecule has 17 heavy (non-hydrogen) atoms. The molecule has 3 nitrogen and oxygen atoms in total. The van der Waals surface area contributed by atoms with Crippen LogP contribution in [0.25, 0.3) is 10.9 Å². The fourth-order valence-corrected chi connectivity index (χ4v) is 2.20. The van der Waals surface area contributed by atoms with Crippen molar-refractivity contribution in [3.63, 3.8) is 0 Å². The van der Waals surface area contributed by atoms with Gasteiger partial charge in [0.1, 0.15) is 0 Å². The first kappa shape index (κ1) is 12.0. The smallest absolute Gasteiger partial charge is 0.312 e. The van der Waals surface area contributed by atoms with Crippen LogP contribution in [0.4, 0.5) is 0 Å². The van der Waals surface area contributed by atoms with Gasteiger partial charge in [0, 0.05) is 9.86 Å². The average Bonchev–Trinajstić information content (AvgIpc) is 2.29. The van der Waals surface area contributed by atoms with E-state index in [1.165, 1.54) is 0 Å². The van der Waals surface area contributed by atoms with Crippen LogP contribution in [0.5, 0.6) is 0 Å². The third-order valence-electron chi connectivity index (χ3n) is 2.74. The number of nitrogens with zero attached hydrogens (tertiary/aromatic N) is 1. The van der Waals surface area contributed by atoms with E-state index in [2.05, 4.69) is 20.9 Å². The molecule has 0 bridgehead atoms. The highest BCUT2D eigenvalue weighted by Crippen LogP contribution is 2.23. The number of fused-ring (bicyclic) bond motifs is 1. The number of carboxylic acids is 1. The number of aliphatic carboxylic acids is 1. The molecule has 0 amide bonds. The maximum Gasteiger partial charge on any atom is 0.312 e. The van der Waals surface area contributed by atoms with Crippen LogP contribution in [-0.2, 0) is 4.79 Å². The minimum absolute atomic E-state index is 0.525. The molecule has 0 aliphatic heterocycles. The molecule has 1 heterocycles. The van der Waals surface area contributed by atoms with Crippen molar-refractivity contribution in [1.29, 1.82) is 0 Å². The van der Waals surface area contributed by atoms with Gasteiger partial charge in [0.25, 0.3) is 0 Å². The van der Waals surface area contributed by atoms with E-state index in [4.69, 9.17) is 5.11 Å². The summed E-state index contributed by atoms with van der Waals surface area (Å²) in [6.45, 7) is 1.85. The Morgan fingerprint density at radius 3 is 2.82 bits per heavy atom. The molecule has 0 aliphatic carbocycles. The Hall–Kier alpha value is -1.42. The van der Waals surface area contributed by atoms with Crippen LogP contribution < -0.4 is 0 Å². The fraction of sp³-hybridized carbons (Fsp3) is 0.231. The minimum atomic E-state index is -0.823. The van der Waals surface area contributed by atoms with Crippen molar-refractivity contribution >= 4 is 32.8 Å². The Balaban J connectivity index is 2.50. The van der Waals surface area contributed by atoms with Crippen molar-refractivity contribution in [2.24, 2.45) is 0 Å². The third-order valence-corrected chi connectivity index (χ3v) is 3.23. The largest absolute Gasteiger partial charge is 0.481 e. The first-order valence-corrected chi connectivity index (χ1v) is 6.20. The van der Waals surface area contributed by atoms with Gasteiger partial charge in [-0.3, -0.25) is 9.78 Å². The molecule has 0 saturated heterocycles. The van der Waals surface area contributed by atoms with Gasteiger partial charge >= 0.3 is 5.97 Å². The van der Waals surface area contributed by atoms with Crippen LogP contribution in [0, 0.1) is 0 Å². The van der Waals surface area contributed by atoms with E-state index in [0.29, 0.717) is 12.1 Å². The van der Waals surface area contributed by atoms with Gasteiger partial charge in [-0.15, -0.1) is 0 Å². The second kappa shape index (κ2) is 4.84. The fourth-order valence-electron chi connectivity index (χ4n) is 1.82.